The van der Waals surface area contributed by atoms with Crippen LogP contribution in [-0.2, 0) is 27.3 Å². The largest absolute Gasteiger partial charge is 0.744 e. The lowest BCUT2D eigenvalue weighted by molar-refractivity contribution is -0.539. The van der Waals surface area contributed by atoms with E-state index in [9.17, 15) is 13.0 Å². The third-order valence-electron chi connectivity index (χ3n) is 8.58. The van der Waals surface area contributed by atoms with E-state index in [1.807, 2.05) is 31.2 Å². The fourth-order valence-corrected chi connectivity index (χ4v) is 6.52. The van der Waals surface area contributed by atoms with Gasteiger partial charge in [0.05, 0.1) is 11.5 Å². The van der Waals surface area contributed by atoms with Crippen LogP contribution in [-0.4, -0.2) is 55.6 Å². The van der Waals surface area contributed by atoms with Crippen LogP contribution in [0.5, 0.6) is 5.75 Å². The van der Waals surface area contributed by atoms with E-state index in [4.69, 9.17) is 17.4 Å². The highest BCUT2D eigenvalue weighted by Gasteiger charge is 2.16. The molecule has 0 heterocycles. The number of anilines is 3. The smallest absolute Gasteiger partial charge is 0.425 e. The number of ether oxygens (including phenoxy) is 1. The van der Waals surface area contributed by atoms with E-state index in [0.29, 0.717) is 6.61 Å². The van der Waals surface area contributed by atoms with Gasteiger partial charge in [-0.25, -0.2) is 13.0 Å². The van der Waals surface area contributed by atoms with E-state index in [2.05, 4.69) is 132 Å². The molecular formula is C45H47N3O7S2. The fraction of sp³-hybridized carbons (Fsp3) is 0.178. The van der Waals surface area contributed by atoms with Crippen molar-refractivity contribution in [2.24, 2.45) is 0 Å². The van der Waals surface area contributed by atoms with Crippen LogP contribution < -0.4 is 15.4 Å². The number of nitrogens with zero attached hydrogens (tertiary/aromatic N) is 1. The van der Waals surface area contributed by atoms with Gasteiger partial charge in [-0.3, -0.25) is 0 Å². The molecule has 57 heavy (non-hydrogen) atoms. The highest BCUT2D eigenvalue weighted by molar-refractivity contribution is 7.85. The van der Waals surface area contributed by atoms with Crippen molar-refractivity contribution in [1.29, 1.82) is 0 Å². The van der Waals surface area contributed by atoms with Gasteiger partial charge in [0.25, 0.3) is 0 Å². The zero-order chi connectivity index (χ0) is 41.2. The van der Waals surface area contributed by atoms with Gasteiger partial charge in [-0.1, -0.05) is 66.7 Å². The molecule has 2 N–H and O–H groups in total. The van der Waals surface area contributed by atoms with Crippen molar-refractivity contribution < 1.29 is 34.9 Å². The molecule has 0 saturated heterocycles. The summed E-state index contributed by atoms with van der Waals surface area (Å²) in [7, 11) is -7.39. The van der Waals surface area contributed by atoms with Gasteiger partial charge in [0, 0.05) is 41.3 Å². The van der Waals surface area contributed by atoms with Gasteiger partial charge in [0.1, 0.15) is 22.4 Å². The van der Waals surface area contributed by atoms with Crippen LogP contribution in [0.2, 0.25) is 0 Å². The van der Waals surface area contributed by atoms with Crippen molar-refractivity contribution in [2.75, 3.05) is 30.3 Å². The van der Waals surface area contributed by atoms with Crippen molar-refractivity contribution in [3.63, 3.8) is 0 Å². The molecule has 0 fully saturated rings. The minimum absolute atomic E-state index is 0.169. The molecule has 5 aromatic carbocycles. The monoisotopic (exact) mass is 805 g/mol. The van der Waals surface area contributed by atoms with Gasteiger partial charge in [-0.05, 0) is 128 Å². The van der Waals surface area contributed by atoms with E-state index in [1.165, 1.54) is 45.7 Å². The first-order valence-electron chi connectivity index (χ1n) is 18.4. The number of rotatable bonds is 12. The van der Waals surface area contributed by atoms with Crippen LogP contribution in [0.4, 0.5) is 17.1 Å². The molecule has 0 atom stereocenters. The zero-order valence-corrected chi connectivity index (χ0v) is 34.0. The first-order chi connectivity index (χ1) is 27.4. The Labute approximate surface area is 337 Å². The first kappa shape index (κ1) is 43.6. The Morgan fingerprint density at radius 3 is 1.72 bits per heavy atom. The molecule has 0 bridgehead atoms. The molecule has 0 unspecified atom stereocenters. The van der Waals surface area contributed by atoms with E-state index < -0.39 is 20.7 Å². The van der Waals surface area contributed by atoms with Crippen LogP contribution in [0.1, 0.15) is 43.0 Å². The van der Waals surface area contributed by atoms with Crippen molar-refractivity contribution in [1.82, 2.24) is 0 Å². The lowest BCUT2D eigenvalue weighted by Crippen LogP contribution is -2.19. The summed E-state index contributed by atoms with van der Waals surface area (Å²) < 4.78 is 64.6. The van der Waals surface area contributed by atoms with E-state index in [1.54, 1.807) is 19.1 Å². The lowest BCUT2D eigenvalue weighted by atomic mass is 9.90. The summed E-state index contributed by atoms with van der Waals surface area (Å²) in [5.41, 5.74) is 11.3. The molecule has 0 radical (unpaired) electrons. The SMILES string of the molecule is CCNc1ccc(C(=C2C=CC(=[N+](CC)Cc3ccccc3)C=C2)c2ccc(Nc3ccc(OCC)cc3)cc2)cc1.Cc1cccc(S(=O)(=O)[O-])c1.O=S(=O)=O. The number of hydrogen-bond acceptors (Lipinski definition) is 9. The predicted octanol–water partition coefficient (Wildman–Crippen LogP) is 8.76. The molecule has 296 valence electrons. The Bertz CT molecular complexity index is 2400. The molecule has 1 aliphatic rings. The molecular weight excluding hydrogens is 759 g/mol. The molecule has 10 nitrogen and oxygen atoms in total. The molecule has 0 aromatic heterocycles. The molecule has 0 saturated carbocycles. The second-order valence-electron chi connectivity index (χ2n) is 12.7. The normalized spacial score (nSPS) is 11.7. The molecule has 6 rings (SSSR count). The summed E-state index contributed by atoms with van der Waals surface area (Å²) in [5, 5.41) is 6.92. The van der Waals surface area contributed by atoms with E-state index in [-0.39, 0.29) is 4.90 Å². The summed E-state index contributed by atoms with van der Waals surface area (Å²) in [4.78, 5) is -0.169. The summed E-state index contributed by atoms with van der Waals surface area (Å²) >= 11 is 0. The third kappa shape index (κ3) is 14.2. The summed E-state index contributed by atoms with van der Waals surface area (Å²) in [6.07, 6.45) is 9.00. The van der Waals surface area contributed by atoms with Crippen molar-refractivity contribution in [2.45, 2.75) is 39.1 Å². The quantitative estimate of drug-likeness (QED) is 0.0934. The maximum absolute atomic E-state index is 10.4. The molecule has 0 aliphatic heterocycles. The Hall–Kier alpha value is -6.08. The van der Waals surface area contributed by atoms with Crippen molar-refractivity contribution in [3.8, 4) is 5.75 Å². The number of hydrogen-bond donors (Lipinski definition) is 2. The molecule has 12 heteroatoms. The predicted molar refractivity (Wildman–Crippen MR) is 227 cm³/mol. The standard InChI is InChI=1S/C38H39N3O.C7H8O3S.O3S/c1-4-39-33-18-12-30(13-19-33)38(31-14-20-34(21-15-31)40-35-22-26-37(27-23-35)42-6-3)32-16-24-36(25-17-32)41(5-2)28-29-10-8-7-9-11-29;1-6-3-2-4-7(5-6)11(8,9)10;1-4(2)3/h7-27H,4-6,28H2,1-3H3,(H,39,40);2-5H,1H3,(H,8,9,10);. The second kappa shape index (κ2) is 21.9. The van der Waals surface area contributed by atoms with E-state index >= 15 is 0 Å². The highest BCUT2D eigenvalue weighted by Crippen LogP contribution is 2.32. The zero-order valence-electron chi connectivity index (χ0n) is 32.4. The number of nitrogens with one attached hydrogen (secondary N) is 2. The Morgan fingerprint density at radius 1 is 0.702 bits per heavy atom. The van der Waals surface area contributed by atoms with Crippen LogP contribution >= 0.6 is 0 Å². The van der Waals surface area contributed by atoms with Crippen molar-refractivity contribution >= 4 is 49.1 Å². The Balaban J connectivity index is 0.000000403. The lowest BCUT2D eigenvalue weighted by Gasteiger charge is -2.16. The maximum Gasteiger partial charge on any atom is 0.425 e. The van der Waals surface area contributed by atoms with Gasteiger partial charge in [-0.15, -0.1) is 12.6 Å². The Kier molecular flexibility index (Phi) is 16.7. The second-order valence-corrected chi connectivity index (χ2v) is 14.5. The summed E-state index contributed by atoms with van der Waals surface area (Å²) in [6.45, 7) is 11.5. The average molecular weight is 806 g/mol. The molecule has 5 aromatic rings. The van der Waals surface area contributed by atoms with Gasteiger partial charge in [0.2, 0.25) is 0 Å². The highest BCUT2D eigenvalue weighted by atomic mass is 32.2. The fourth-order valence-electron chi connectivity index (χ4n) is 5.95. The van der Waals surface area contributed by atoms with Gasteiger partial charge in [-0.2, -0.15) is 0 Å². The number of aryl methyl sites for hydroxylation is 1. The molecule has 0 spiro atoms. The Morgan fingerprint density at radius 2 is 1.25 bits per heavy atom. The minimum atomic E-state index is -4.28. The third-order valence-corrected chi connectivity index (χ3v) is 9.41. The summed E-state index contributed by atoms with van der Waals surface area (Å²) in [6, 6.07) is 42.1. The summed E-state index contributed by atoms with van der Waals surface area (Å²) in [5.74, 6) is 0.880. The molecule has 0 amide bonds. The number of allylic oxidation sites excluding steroid dienone is 5. The van der Waals surface area contributed by atoms with Crippen LogP contribution in [0.3, 0.4) is 0 Å². The van der Waals surface area contributed by atoms with Crippen molar-refractivity contribution in [3.05, 3.63) is 180 Å². The van der Waals surface area contributed by atoms with E-state index in [0.717, 1.165) is 48.0 Å². The average Bonchev–Trinajstić information content (AvgIpc) is 3.20. The van der Waals surface area contributed by atoms with Crippen LogP contribution in [0.15, 0.2) is 162 Å². The van der Waals surface area contributed by atoms with Gasteiger partial charge >= 0.3 is 10.6 Å². The molecule has 1 aliphatic carbocycles. The topological polar surface area (TPSA) is 145 Å². The van der Waals surface area contributed by atoms with Gasteiger partial charge in [0.15, 0.2) is 12.3 Å². The van der Waals surface area contributed by atoms with Gasteiger partial charge < -0.3 is 19.9 Å². The first-order valence-corrected chi connectivity index (χ1v) is 20.8. The number of benzene rings is 5. The minimum Gasteiger partial charge on any atom is -0.744 e. The van der Waals surface area contributed by atoms with Crippen LogP contribution in [0, 0.1) is 6.92 Å². The maximum atomic E-state index is 10.4. The van der Waals surface area contributed by atoms with Crippen LogP contribution in [0.25, 0.3) is 5.57 Å².